The van der Waals surface area contributed by atoms with Gasteiger partial charge in [0.15, 0.2) is 6.29 Å². The van der Waals surface area contributed by atoms with Crippen molar-refractivity contribution in [1.82, 2.24) is 19.8 Å². The highest BCUT2D eigenvalue weighted by Crippen LogP contribution is 2.43. The quantitative estimate of drug-likeness (QED) is 0.173. The summed E-state index contributed by atoms with van der Waals surface area (Å²) < 4.78 is 15.5. The molecule has 0 aliphatic carbocycles. The Hall–Kier alpha value is -4.54. The molecule has 2 saturated heterocycles. The van der Waals surface area contributed by atoms with Crippen molar-refractivity contribution in [3.63, 3.8) is 0 Å². The van der Waals surface area contributed by atoms with E-state index in [0.29, 0.717) is 6.54 Å². The molecular weight excluding hydrogens is 616 g/mol. The summed E-state index contributed by atoms with van der Waals surface area (Å²) in [5.74, 6) is 0.0105. The van der Waals surface area contributed by atoms with Gasteiger partial charge in [0, 0.05) is 50.6 Å². The number of nitrogens with zero attached hydrogens (tertiary/aromatic N) is 2. The summed E-state index contributed by atoms with van der Waals surface area (Å²) in [6.45, 7) is 6.69. The number of aliphatic hydroxyl groups is 1. The Morgan fingerprint density at radius 2 is 1.61 bits per heavy atom. The third-order valence-corrected chi connectivity index (χ3v) is 10.1. The van der Waals surface area contributed by atoms with E-state index in [9.17, 15) is 14.7 Å². The van der Waals surface area contributed by atoms with E-state index in [2.05, 4.69) is 52.5 Å². The second kappa shape index (κ2) is 14.5. The minimum atomic E-state index is -0.575. The second-order valence-corrected chi connectivity index (χ2v) is 13.4. The zero-order valence-corrected chi connectivity index (χ0v) is 28.0. The number of benzene rings is 4. The summed E-state index contributed by atoms with van der Waals surface area (Å²) in [6, 6.07) is 32.6. The summed E-state index contributed by atoms with van der Waals surface area (Å²) in [5, 5.41) is 12.5. The molecule has 49 heavy (non-hydrogen) atoms. The fourth-order valence-electron chi connectivity index (χ4n) is 7.33. The normalized spacial score (nSPS) is 21.9. The smallest absolute Gasteiger partial charge is 0.326 e. The maximum atomic E-state index is 12.9. The van der Waals surface area contributed by atoms with Crippen LogP contribution in [0.25, 0.3) is 22.2 Å². The van der Waals surface area contributed by atoms with Gasteiger partial charge in [-0.05, 0) is 64.9 Å². The first-order valence-electron chi connectivity index (χ1n) is 17.2. The van der Waals surface area contributed by atoms with Gasteiger partial charge in [-0.3, -0.25) is 9.36 Å². The van der Waals surface area contributed by atoms with Gasteiger partial charge in [0.05, 0.1) is 29.8 Å². The van der Waals surface area contributed by atoms with Crippen molar-refractivity contribution in [2.24, 2.45) is 5.92 Å². The van der Waals surface area contributed by atoms with Crippen LogP contribution in [0.3, 0.4) is 0 Å². The molecule has 2 fully saturated rings. The summed E-state index contributed by atoms with van der Waals surface area (Å²) in [7, 11) is 0. The van der Waals surface area contributed by atoms with Crippen molar-refractivity contribution in [2.75, 3.05) is 19.6 Å². The van der Waals surface area contributed by atoms with Crippen molar-refractivity contribution in [3.05, 3.63) is 130 Å². The summed E-state index contributed by atoms with van der Waals surface area (Å²) in [4.78, 5) is 29.8. The highest BCUT2D eigenvalue weighted by atomic mass is 16.7. The van der Waals surface area contributed by atoms with E-state index in [0.717, 1.165) is 76.9 Å². The van der Waals surface area contributed by atoms with Gasteiger partial charge >= 0.3 is 5.69 Å². The molecule has 4 aromatic carbocycles. The van der Waals surface area contributed by atoms with Gasteiger partial charge in [-0.15, -0.1) is 0 Å². The average molecular weight is 661 g/mol. The molecule has 3 heterocycles. The number of rotatable bonds is 9. The van der Waals surface area contributed by atoms with Gasteiger partial charge in [-0.1, -0.05) is 79.7 Å². The highest BCUT2D eigenvalue weighted by Gasteiger charge is 2.39. The minimum Gasteiger partial charge on any atom is -0.392 e. The van der Waals surface area contributed by atoms with E-state index in [1.165, 1.54) is 6.92 Å². The van der Waals surface area contributed by atoms with Crippen LogP contribution in [0.15, 0.2) is 102 Å². The molecule has 5 aromatic rings. The fraction of sp³-hybridized carbons (Fsp3) is 0.350. The molecule has 0 radical (unpaired) electrons. The lowest BCUT2D eigenvalue weighted by Crippen LogP contribution is -2.47. The molecule has 4 atom stereocenters. The van der Waals surface area contributed by atoms with Gasteiger partial charge in [0.1, 0.15) is 0 Å². The number of imidazole rings is 1. The molecule has 3 N–H and O–H groups in total. The number of nitrogens with one attached hydrogen (secondary N) is 2. The lowest BCUT2D eigenvalue weighted by Gasteiger charge is -2.44. The van der Waals surface area contributed by atoms with Crippen LogP contribution >= 0.6 is 0 Å². The molecule has 7 rings (SSSR count). The highest BCUT2D eigenvalue weighted by molar-refractivity contribution is 5.75. The molecule has 0 bridgehead atoms. The van der Waals surface area contributed by atoms with Crippen molar-refractivity contribution in [2.45, 2.75) is 64.4 Å². The Balaban J connectivity index is 1.11. The number of fused-ring (bicyclic) bond motifs is 1. The van der Waals surface area contributed by atoms with Crippen molar-refractivity contribution < 1.29 is 19.4 Å². The molecule has 0 unspecified atom stereocenters. The standard InChI is InChI=1S/C40H44N4O5/c1-26-37(24-43-19-17-34(18-20-43)44-36-12-4-3-11-35(36)42-40(44)47)48-39(49-38(26)30-15-13-28(25-45)14-16-30)33-10-6-9-32(22-33)31-8-5-7-29(21-31)23-41-27(2)46/h3-16,21-22,26,34,37-39,45H,17-20,23-25H2,1-2H3,(H,41,46)(H,42,47)/t26-,37+,38+,39+/m1/s1. The number of carbonyl (C=O) groups excluding carboxylic acids is 1. The van der Waals surface area contributed by atoms with Crippen LogP contribution in [0, 0.1) is 5.92 Å². The Bertz CT molecular complexity index is 1960. The number of amides is 1. The first-order chi connectivity index (χ1) is 23.9. The lowest BCUT2D eigenvalue weighted by molar-refractivity contribution is -0.276. The number of aromatic amines is 1. The predicted molar refractivity (Wildman–Crippen MR) is 190 cm³/mol. The molecule has 2 aliphatic rings. The van der Waals surface area contributed by atoms with Crippen LogP contribution < -0.4 is 11.0 Å². The van der Waals surface area contributed by atoms with Crippen molar-refractivity contribution in [1.29, 1.82) is 0 Å². The summed E-state index contributed by atoms with van der Waals surface area (Å²) in [6.07, 6.45) is 0.894. The van der Waals surface area contributed by atoms with Crippen molar-refractivity contribution in [3.8, 4) is 11.1 Å². The molecule has 0 saturated carbocycles. The van der Waals surface area contributed by atoms with E-state index >= 15 is 0 Å². The number of hydrogen-bond acceptors (Lipinski definition) is 6. The van der Waals surface area contributed by atoms with E-state index < -0.39 is 6.29 Å². The van der Waals surface area contributed by atoms with Gasteiger partial charge < -0.3 is 29.8 Å². The second-order valence-electron chi connectivity index (χ2n) is 13.4. The zero-order valence-electron chi connectivity index (χ0n) is 28.0. The van der Waals surface area contributed by atoms with Crippen LogP contribution in [-0.4, -0.2) is 51.2 Å². The van der Waals surface area contributed by atoms with Crippen LogP contribution in [0.1, 0.15) is 67.4 Å². The molecule has 254 valence electrons. The Kier molecular flexibility index (Phi) is 9.77. The number of aromatic nitrogens is 2. The number of likely N-dealkylation sites (tertiary alicyclic amines) is 1. The number of hydrogen-bond donors (Lipinski definition) is 3. The van der Waals surface area contributed by atoms with E-state index in [1.54, 1.807) is 0 Å². The lowest BCUT2D eigenvalue weighted by atomic mass is 9.89. The zero-order chi connectivity index (χ0) is 33.9. The van der Waals surface area contributed by atoms with E-state index in [-0.39, 0.29) is 42.4 Å². The number of H-pyrrole nitrogens is 1. The first kappa shape index (κ1) is 33.0. The van der Waals surface area contributed by atoms with Gasteiger partial charge in [-0.25, -0.2) is 4.79 Å². The van der Waals surface area contributed by atoms with Gasteiger partial charge in [-0.2, -0.15) is 0 Å². The molecule has 0 spiro atoms. The van der Waals surface area contributed by atoms with Gasteiger partial charge in [0.25, 0.3) is 0 Å². The van der Waals surface area contributed by atoms with Crippen LogP contribution in [0.2, 0.25) is 0 Å². The minimum absolute atomic E-state index is 0.00481. The largest absolute Gasteiger partial charge is 0.392 e. The molecular formula is C40H44N4O5. The fourth-order valence-corrected chi connectivity index (χ4v) is 7.33. The number of carbonyl (C=O) groups is 1. The summed E-state index contributed by atoms with van der Waals surface area (Å²) >= 11 is 0. The van der Waals surface area contributed by atoms with Crippen LogP contribution in [0.5, 0.6) is 0 Å². The maximum Gasteiger partial charge on any atom is 0.326 e. The van der Waals surface area contributed by atoms with E-state index in [4.69, 9.17) is 9.47 Å². The Labute approximate surface area is 286 Å². The SMILES string of the molecule is CC(=O)NCc1cccc(-c2cccc([C@H]3O[C@@H](CN4CCC(n5c(=O)[nH]c6ccccc65)CC4)[C@@H](C)[C@@H](c4ccc(CO)cc4)O3)c2)c1. The molecule has 9 heteroatoms. The van der Waals surface area contributed by atoms with Gasteiger partial charge in [0.2, 0.25) is 5.91 Å². The Morgan fingerprint density at radius 1 is 0.878 bits per heavy atom. The molecule has 1 amide bonds. The Morgan fingerprint density at radius 3 is 2.37 bits per heavy atom. The number of piperidine rings is 1. The number of aliphatic hydroxyl groups excluding tert-OH is 1. The van der Waals surface area contributed by atoms with Crippen LogP contribution in [0.4, 0.5) is 0 Å². The number of ether oxygens (including phenoxy) is 2. The van der Waals surface area contributed by atoms with Crippen LogP contribution in [-0.2, 0) is 27.4 Å². The van der Waals surface area contributed by atoms with E-state index in [1.807, 2.05) is 71.3 Å². The predicted octanol–water partition coefficient (Wildman–Crippen LogP) is 6.25. The first-order valence-corrected chi connectivity index (χ1v) is 17.2. The molecule has 9 nitrogen and oxygen atoms in total. The number of para-hydroxylation sites is 2. The molecule has 1 aromatic heterocycles. The van der Waals surface area contributed by atoms with Crippen molar-refractivity contribution >= 4 is 16.9 Å². The average Bonchev–Trinajstić information content (AvgIpc) is 3.47. The monoisotopic (exact) mass is 660 g/mol. The summed E-state index contributed by atoms with van der Waals surface area (Å²) in [5.41, 5.74) is 7.79. The maximum absolute atomic E-state index is 12.9. The third-order valence-electron chi connectivity index (χ3n) is 10.1. The molecule has 2 aliphatic heterocycles. The topological polar surface area (TPSA) is 109 Å². The third kappa shape index (κ3) is 7.26.